The largest absolute Gasteiger partial charge is 0.398 e. The lowest BCUT2D eigenvalue weighted by molar-refractivity contribution is -0.105. The number of halogens is 4. The number of aryl methyl sites for hydroxylation is 1. The van der Waals surface area contributed by atoms with E-state index in [2.05, 4.69) is 5.10 Å². The van der Waals surface area contributed by atoms with E-state index < -0.39 is 40.4 Å². The Bertz CT molecular complexity index is 966. The molecule has 1 aromatic heterocycles. The van der Waals surface area contributed by atoms with Crippen molar-refractivity contribution < 1.29 is 22.4 Å². The molecule has 0 N–H and O–H groups in total. The van der Waals surface area contributed by atoms with Crippen molar-refractivity contribution in [3.8, 4) is 5.69 Å². The van der Waals surface area contributed by atoms with Crippen molar-refractivity contribution >= 4 is 18.0 Å². The number of thioether (sulfide) groups is 1. The number of hydrogen-bond donors (Lipinski definition) is 0. The van der Waals surface area contributed by atoms with Crippen LogP contribution in [0.4, 0.5) is 17.6 Å². The fraction of sp³-hybridized carbons (Fsp3) is 0.333. The molecule has 0 amide bonds. The molecule has 0 aliphatic heterocycles. The second kappa shape index (κ2) is 7.44. The molecule has 26 heavy (non-hydrogen) atoms. The Hall–Kier alpha value is -2.43. The topological polar surface area (TPSA) is 74.0 Å². The van der Waals surface area contributed by atoms with Gasteiger partial charge in [0, 0.05) is 11.4 Å². The summed E-state index contributed by atoms with van der Waals surface area (Å²) < 4.78 is 52.8. The lowest BCUT2D eigenvalue weighted by Crippen LogP contribution is -2.42. The average molecular weight is 390 g/mol. The van der Waals surface area contributed by atoms with Crippen LogP contribution in [-0.2, 0) is 11.3 Å². The Balaban J connectivity index is 2.67. The highest BCUT2D eigenvalue weighted by Gasteiger charge is 2.28. The van der Waals surface area contributed by atoms with Gasteiger partial charge in [-0.05, 0) is 31.5 Å². The van der Waals surface area contributed by atoms with E-state index in [4.69, 9.17) is 0 Å². The number of carbonyl (C=O) groups excluding carboxylic acids is 1. The van der Waals surface area contributed by atoms with Crippen LogP contribution >= 0.6 is 11.8 Å². The maximum Gasteiger partial charge on any atom is 0.398 e. The molecule has 0 unspecified atom stereocenters. The summed E-state index contributed by atoms with van der Waals surface area (Å²) >= 11 is 0.420. The van der Waals surface area contributed by atoms with Gasteiger partial charge in [-0.15, -0.1) is 11.8 Å². The molecule has 139 valence electrons. The van der Waals surface area contributed by atoms with Gasteiger partial charge in [0.1, 0.15) is 11.5 Å². The molecule has 0 saturated carbocycles. The Morgan fingerprint density at radius 3 is 2.46 bits per heavy atom. The van der Waals surface area contributed by atoms with Gasteiger partial charge in [-0.3, -0.25) is 14.2 Å². The Kier molecular flexibility index (Phi) is 5.69. The van der Waals surface area contributed by atoms with Gasteiger partial charge in [0.2, 0.25) is 5.69 Å². The van der Waals surface area contributed by atoms with Crippen LogP contribution in [0.5, 0.6) is 0 Å². The summed E-state index contributed by atoms with van der Waals surface area (Å²) in [7, 11) is 0. The van der Waals surface area contributed by atoms with Gasteiger partial charge >= 0.3 is 11.9 Å². The first kappa shape index (κ1) is 19.9. The van der Waals surface area contributed by atoms with Crippen LogP contribution in [0.2, 0.25) is 0 Å². The number of hydrogen-bond acceptors (Lipinski definition) is 5. The number of benzene rings is 1. The zero-order chi connectivity index (χ0) is 19.6. The minimum atomic E-state index is -4.43. The van der Waals surface area contributed by atoms with Gasteiger partial charge in [-0.2, -0.15) is 23.0 Å². The van der Waals surface area contributed by atoms with Crippen molar-refractivity contribution in [2.75, 3.05) is 5.75 Å². The minimum Gasteiger partial charge on any atom is -0.283 e. The van der Waals surface area contributed by atoms with Crippen molar-refractivity contribution in [2.24, 2.45) is 0 Å². The fourth-order valence-electron chi connectivity index (χ4n) is 2.13. The van der Waals surface area contributed by atoms with Crippen LogP contribution in [0.25, 0.3) is 5.69 Å². The number of aromatic nitrogens is 3. The maximum atomic E-state index is 14.3. The standard InChI is InChI=1S/C15H12F4N3O3S/c1-3-21-13(24)10(6-23)20-22(14(21)25)11-5-12(8(2)4-9(11)16)26-7-15(17,18)19/h4-5H,3,7H2,1-2H3. The minimum absolute atomic E-state index is 0.0818. The van der Waals surface area contributed by atoms with Gasteiger partial charge in [0.25, 0.3) is 11.8 Å². The van der Waals surface area contributed by atoms with Crippen LogP contribution in [0, 0.1) is 12.7 Å². The zero-order valence-electron chi connectivity index (χ0n) is 13.6. The lowest BCUT2D eigenvalue weighted by atomic mass is 10.2. The second-order valence-corrected chi connectivity index (χ2v) is 6.18. The van der Waals surface area contributed by atoms with Gasteiger partial charge in [0.15, 0.2) is 0 Å². The molecule has 6 nitrogen and oxygen atoms in total. The Morgan fingerprint density at radius 1 is 1.27 bits per heavy atom. The quantitative estimate of drug-likeness (QED) is 0.577. The third-order valence-corrected chi connectivity index (χ3v) is 4.56. The fourth-order valence-corrected chi connectivity index (χ4v) is 2.93. The highest BCUT2D eigenvalue weighted by Crippen LogP contribution is 2.31. The molecule has 1 heterocycles. The first-order valence-corrected chi connectivity index (χ1v) is 8.20. The maximum absolute atomic E-state index is 14.3. The second-order valence-electron chi connectivity index (χ2n) is 5.17. The molecule has 11 heteroatoms. The summed E-state index contributed by atoms with van der Waals surface area (Å²) in [4.78, 5) is 35.1. The van der Waals surface area contributed by atoms with E-state index in [0.29, 0.717) is 21.0 Å². The van der Waals surface area contributed by atoms with Crippen molar-refractivity contribution in [3.63, 3.8) is 0 Å². The predicted octanol–water partition coefficient (Wildman–Crippen LogP) is 1.97. The highest BCUT2D eigenvalue weighted by molar-refractivity contribution is 7.99. The van der Waals surface area contributed by atoms with Crippen LogP contribution in [0.1, 0.15) is 18.2 Å². The first-order chi connectivity index (χ1) is 12.1. The number of alkyl halides is 3. The van der Waals surface area contributed by atoms with Crippen molar-refractivity contribution in [1.82, 2.24) is 14.3 Å². The summed E-state index contributed by atoms with van der Waals surface area (Å²) in [6.45, 7) is 2.76. The van der Waals surface area contributed by atoms with Crippen LogP contribution < -0.4 is 11.2 Å². The number of rotatable bonds is 5. The molecule has 2 rings (SSSR count). The molecular formula is C15H12F4N3O3S. The first-order valence-electron chi connectivity index (χ1n) is 7.21. The van der Waals surface area contributed by atoms with Crippen molar-refractivity contribution in [2.45, 2.75) is 31.5 Å². The summed E-state index contributed by atoms with van der Waals surface area (Å²) in [6, 6.07) is 1.97. The van der Waals surface area contributed by atoms with Crippen LogP contribution in [0.3, 0.4) is 0 Å². The van der Waals surface area contributed by atoms with E-state index in [-0.39, 0.29) is 17.0 Å². The van der Waals surface area contributed by atoms with E-state index in [1.165, 1.54) is 20.1 Å². The van der Waals surface area contributed by atoms with Gasteiger partial charge in [-0.25, -0.2) is 9.18 Å². The lowest BCUT2D eigenvalue weighted by Gasteiger charge is -2.13. The Labute approximate surface area is 148 Å². The van der Waals surface area contributed by atoms with E-state index in [1.807, 2.05) is 0 Å². The zero-order valence-corrected chi connectivity index (χ0v) is 14.4. The molecule has 1 aromatic carbocycles. The summed E-state index contributed by atoms with van der Waals surface area (Å²) in [5.41, 5.74) is -2.98. The van der Waals surface area contributed by atoms with E-state index in [9.17, 15) is 31.9 Å². The molecule has 0 fully saturated rings. The van der Waals surface area contributed by atoms with Crippen LogP contribution in [-0.4, -0.2) is 32.6 Å². The Morgan fingerprint density at radius 2 is 1.92 bits per heavy atom. The molecule has 0 aliphatic carbocycles. The molecule has 0 aliphatic rings. The number of nitrogens with zero attached hydrogens (tertiary/aromatic N) is 3. The van der Waals surface area contributed by atoms with Crippen LogP contribution in [0.15, 0.2) is 26.6 Å². The van der Waals surface area contributed by atoms with E-state index in [0.717, 1.165) is 12.1 Å². The van der Waals surface area contributed by atoms with Gasteiger partial charge in [0.05, 0.1) is 5.75 Å². The highest BCUT2D eigenvalue weighted by atomic mass is 32.2. The monoisotopic (exact) mass is 390 g/mol. The summed E-state index contributed by atoms with van der Waals surface area (Å²) in [5.74, 6) is -2.14. The molecular weight excluding hydrogens is 378 g/mol. The smallest absolute Gasteiger partial charge is 0.283 e. The van der Waals surface area contributed by atoms with Crippen molar-refractivity contribution in [1.29, 1.82) is 0 Å². The SMILES string of the molecule is CCn1c(=O)c([C]=O)nn(-c2cc(SCC(F)(F)F)c(C)cc2F)c1=O. The molecule has 1 radical (unpaired) electrons. The van der Waals surface area contributed by atoms with Crippen molar-refractivity contribution in [3.05, 3.63) is 50.0 Å². The van der Waals surface area contributed by atoms with E-state index >= 15 is 0 Å². The van der Waals surface area contributed by atoms with Gasteiger partial charge in [-0.1, -0.05) is 0 Å². The molecule has 0 spiro atoms. The molecule has 0 saturated heterocycles. The molecule has 0 bridgehead atoms. The average Bonchev–Trinajstić information content (AvgIpc) is 2.54. The summed E-state index contributed by atoms with van der Waals surface area (Å²) in [5, 5.41) is 3.49. The third-order valence-electron chi connectivity index (χ3n) is 3.34. The predicted molar refractivity (Wildman–Crippen MR) is 86.0 cm³/mol. The molecule has 2 aromatic rings. The third kappa shape index (κ3) is 4.03. The normalized spacial score (nSPS) is 11.6. The summed E-state index contributed by atoms with van der Waals surface area (Å²) in [6.07, 6.45) is -3.17. The van der Waals surface area contributed by atoms with E-state index in [1.54, 1.807) is 0 Å². The van der Waals surface area contributed by atoms with Gasteiger partial charge < -0.3 is 0 Å². The molecule has 0 atom stereocenters.